The second-order valence-corrected chi connectivity index (χ2v) is 9.33. The van der Waals surface area contributed by atoms with Crippen molar-refractivity contribution < 1.29 is 14.3 Å². The molecule has 5 rings (SSSR count). The first-order valence-electron chi connectivity index (χ1n) is 11.5. The molecule has 0 spiro atoms. The van der Waals surface area contributed by atoms with Crippen LogP contribution in [-0.2, 0) is 14.3 Å². The smallest absolute Gasteiger partial charge is 0.332 e. The molecule has 1 aliphatic heterocycles. The van der Waals surface area contributed by atoms with E-state index in [-0.39, 0.29) is 5.91 Å². The minimum Gasteiger partial charge on any atom is -0.467 e. The molecule has 0 unspecified atom stereocenters. The van der Waals surface area contributed by atoms with Gasteiger partial charge in [0.25, 0.3) is 0 Å². The highest BCUT2D eigenvalue weighted by atomic mass is 32.1. The van der Waals surface area contributed by atoms with Crippen molar-refractivity contribution in [2.45, 2.75) is 12.0 Å². The summed E-state index contributed by atoms with van der Waals surface area (Å²) in [5, 5.41) is 2.05. The number of carbonyl (C=O) groups excluding carboxylic acids is 2. The molecule has 2 heterocycles. The van der Waals surface area contributed by atoms with Crippen LogP contribution in [0.1, 0.15) is 21.9 Å². The van der Waals surface area contributed by atoms with Gasteiger partial charge in [0.15, 0.2) is 0 Å². The lowest BCUT2D eigenvalue weighted by Crippen LogP contribution is -2.44. The van der Waals surface area contributed by atoms with E-state index in [2.05, 4.69) is 18.2 Å². The van der Waals surface area contributed by atoms with E-state index in [1.165, 1.54) is 7.11 Å². The van der Waals surface area contributed by atoms with Gasteiger partial charge in [0.2, 0.25) is 5.91 Å². The van der Waals surface area contributed by atoms with Crippen molar-refractivity contribution in [2.75, 3.05) is 13.7 Å². The molecule has 0 aliphatic carbocycles. The molecule has 1 aromatic heterocycles. The van der Waals surface area contributed by atoms with Crippen molar-refractivity contribution in [1.82, 2.24) is 4.90 Å². The van der Waals surface area contributed by atoms with Crippen molar-refractivity contribution in [3.8, 4) is 11.1 Å². The number of ether oxygens (including phenoxy) is 1. The molecule has 0 N–H and O–H groups in total. The van der Waals surface area contributed by atoms with Crippen molar-refractivity contribution in [3.63, 3.8) is 0 Å². The number of methoxy groups -OCH3 is 1. The SMILES string of the molecule is COC(=O)[C@@H]1C=C(c2sccc2-c2ccccc2)CN1C(=O)C(c1ccccc1)c1ccccc1. The lowest BCUT2D eigenvalue weighted by Gasteiger charge is -2.28. The summed E-state index contributed by atoms with van der Waals surface area (Å²) < 4.78 is 5.11. The highest BCUT2D eigenvalue weighted by molar-refractivity contribution is 7.11. The van der Waals surface area contributed by atoms with Gasteiger partial charge in [-0.05, 0) is 39.8 Å². The number of esters is 1. The molecule has 0 saturated heterocycles. The molecule has 3 aromatic carbocycles. The Bertz CT molecular complexity index is 1310. The largest absolute Gasteiger partial charge is 0.467 e. The Morgan fingerprint density at radius 1 is 0.857 bits per heavy atom. The van der Waals surface area contributed by atoms with Crippen LogP contribution in [0.4, 0.5) is 0 Å². The molecule has 4 nitrogen and oxygen atoms in total. The zero-order valence-electron chi connectivity index (χ0n) is 19.3. The molecule has 35 heavy (non-hydrogen) atoms. The Labute approximate surface area is 209 Å². The summed E-state index contributed by atoms with van der Waals surface area (Å²) in [6.45, 7) is 0.342. The van der Waals surface area contributed by atoms with E-state index in [0.29, 0.717) is 6.54 Å². The van der Waals surface area contributed by atoms with E-state index in [1.54, 1.807) is 16.2 Å². The maximum Gasteiger partial charge on any atom is 0.332 e. The molecule has 4 aromatic rings. The first-order valence-corrected chi connectivity index (χ1v) is 12.4. The monoisotopic (exact) mass is 479 g/mol. The quantitative estimate of drug-likeness (QED) is 0.318. The molecule has 0 radical (unpaired) electrons. The highest BCUT2D eigenvalue weighted by Gasteiger charge is 2.39. The topological polar surface area (TPSA) is 46.6 Å². The van der Waals surface area contributed by atoms with Crippen molar-refractivity contribution in [3.05, 3.63) is 125 Å². The third-order valence-electron chi connectivity index (χ3n) is 6.32. The summed E-state index contributed by atoms with van der Waals surface area (Å²) in [5.41, 5.74) is 4.95. The third-order valence-corrected chi connectivity index (χ3v) is 7.31. The summed E-state index contributed by atoms with van der Waals surface area (Å²) in [6.07, 6.45) is 1.88. The Morgan fingerprint density at radius 2 is 1.43 bits per heavy atom. The summed E-state index contributed by atoms with van der Waals surface area (Å²) >= 11 is 1.62. The number of rotatable bonds is 6. The zero-order chi connectivity index (χ0) is 24.2. The molecule has 5 heteroatoms. The van der Waals surface area contributed by atoms with Crippen LogP contribution in [0.2, 0.25) is 0 Å². The van der Waals surface area contributed by atoms with E-state index in [1.807, 2.05) is 90.3 Å². The lowest BCUT2D eigenvalue weighted by atomic mass is 9.89. The Balaban J connectivity index is 1.53. The average Bonchev–Trinajstić information content (AvgIpc) is 3.58. The summed E-state index contributed by atoms with van der Waals surface area (Å²) in [6, 6.07) is 30.9. The van der Waals surface area contributed by atoms with Gasteiger partial charge >= 0.3 is 5.97 Å². The second-order valence-electron chi connectivity index (χ2n) is 8.41. The predicted molar refractivity (Wildman–Crippen MR) is 140 cm³/mol. The van der Waals surface area contributed by atoms with Crippen LogP contribution in [0.15, 0.2) is 109 Å². The fourth-order valence-corrected chi connectivity index (χ4v) is 5.57. The van der Waals surface area contributed by atoms with Crippen LogP contribution in [0.3, 0.4) is 0 Å². The average molecular weight is 480 g/mol. The summed E-state index contributed by atoms with van der Waals surface area (Å²) in [5.74, 6) is -1.08. The molecule has 0 saturated carbocycles. The van der Waals surface area contributed by atoms with Crippen LogP contribution >= 0.6 is 11.3 Å². The predicted octanol–water partition coefficient (Wildman–Crippen LogP) is 6.01. The zero-order valence-corrected chi connectivity index (χ0v) is 20.2. The van der Waals surface area contributed by atoms with Gasteiger partial charge in [-0.25, -0.2) is 4.79 Å². The maximum atomic E-state index is 14.1. The van der Waals surface area contributed by atoms with Crippen LogP contribution in [-0.4, -0.2) is 36.5 Å². The normalized spacial score (nSPS) is 15.2. The Morgan fingerprint density at radius 3 is 2.00 bits per heavy atom. The molecule has 174 valence electrons. The van der Waals surface area contributed by atoms with Crippen molar-refractivity contribution in [1.29, 1.82) is 0 Å². The van der Waals surface area contributed by atoms with Crippen molar-refractivity contribution in [2.24, 2.45) is 0 Å². The number of hydrogen-bond donors (Lipinski definition) is 0. The van der Waals surface area contributed by atoms with Crippen molar-refractivity contribution >= 4 is 28.8 Å². The first kappa shape index (κ1) is 22.8. The number of hydrogen-bond acceptors (Lipinski definition) is 4. The third kappa shape index (κ3) is 4.55. The standard InChI is InChI=1S/C30H25NO3S/c1-34-30(33)26-19-24(28-25(17-18-35-28)21-11-5-2-6-12-21)20-31(26)29(32)27(22-13-7-3-8-14-22)23-15-9-4-10-16-23/h2-19,26-27H,20H2,1H3/t26-/m0/s1. The molecule has 0 fully saturated rings. The van der Waals surface area contributed by atoms with E-state index in [4.69, 9.17) is 4.74 Å². The van der Waals surface area contributed by atoms with E-state index < -0.39 is 17.9 Å². The minimum atomic E-state index is -0.775. The van der Waals surface area contributed by atoms with Crippen LogP contribution in [0, 0.1) is 0 Å². The van der Waals surface area contributed by atoms with Crippen LogP contribution in [0.25, 0.3) is 16.7 Å². The van der Waals surface area contributed by atoms with Gasteiger partial charge in [0.05, 0.1) is 13.0 Å². The van der Waals surface area contributed by atoms with Gasteiger partial charge in [0.1, 0.15) is 6.04 Å². The van der Waals surface area contributed by atoms with Gasteiger partial charge in [-0.2, -0.15) is 0 Å². The lowest BCUT2D eigenvalue weighted by molar-refractivity contribution is -0.149. The van der Waals surface area contributed by atoms with E-state index >= 15 is 0 Å². The fraction of sp³-hybridized carbons (Fsp3) is 0.133. The Kier molecular flexibility index (Phi) is 6.59. The summed E-state index contributed by atoms with van der Waals surface area (Å²) in [7, 11) is 1.36. The fourth-order valence-electron chi connectivity index (χ4n) is 4.63. The molecule has 0 bridgehead atoms. The van der Waals surface area contributed by atoms with E-state index in [9.17, 15) is 9.59 Å². The van der Waals surface area contributed by atoms with Crippen LogP contribution in [0.5, 0.6) is 0 Å². The number of carbonyl (C=O) groups is 2. The Hall–Kier alpha value is -3.96. The van der Waals surface area contributed by atoms with Gasteiger partial charge in [-0.15, -0.1) is 11.3 Å². The van der Waals surface area contributed by atoms with Crippen LogP contribution < -0.4 is 0 Å². The van der Waals surface area contributed by atoms with Gasteiger partial charge in [-0.1, -0.05) is 91.0 Å². The molecule has 1 atom stereocenters. The highest BCUT2D eigenvalue weighted by Crippen LogP contribution is 2.39. The number of thiophene rings is 1. The molecule has 1 aliphatic rings. The minimum absolute atomic E-state index is 0.123. The number of amides is 1. The number of benzene rings is 3. The van der Waals surface area contributed by atoms with Gasteiger partial charge < -0.3 is 9.64 Å². The molecule has 1 amide bonds. The number of nitrogens with zero attached hydrogens (tertiary/aromatic N) is 1. The molecular formula is C30H25NO3S. The second kappa shape index (κ2) is 10.1. The first-order chi connectivity index (χ1) is 17.2. The van der Waals surface area contributed by atoms with E-state index in [0.717, 1.165) is 32.7 Å². The molecular weight excluding hydrogens is 454 g/mol. The van der Waals surface area contributed by atoms with Gasteiger partial charge in [0, 0.05) is 17.0 Å². The van der Waals surface area contributed by atoms with Gasteiger partial charge in [-0.3, -0.25) is 4.79 Å². The summed E-state index contributed by atoms with van der Waals surface area (Å²) in [4.78, 5) is 29.7. The maximum absolute atomic E-state index is 14.1.